The first-order valence-electron chi connectivity index (χ1n) is 8.22. The van der Waals surface area contributed by atoms with Crippen molar-refractivity contribution in [3.05, 3.63) is 77.6 Å². The molecule has 0 amide bonds. The quantitative estimate of drug-likeness (QED) is 0.683. The smallest absolute Gasteiger partial charge is 0.131 e. The van der Waals surface area contributed by atoms with E-state index in [-0.39, 0.29) is 0 Å². The molecule has 128 valence electrons. The predicted molar refractivity (Wildman–Crippen MR) is 101 cm³/mol. The predicted octanol–water partition coefficient (Wildman–Crippen LogP) is 4.02. The molecule has 0 saturated carbocycles. The summed E-state index contributed by atoms with van der Waals surface area (Å²) < 4.78 is 5.17. The highest BCUT2D eigenvalue weighted by molar-refractivity contribution is 5.47. The Morgan fingerprint density at radius 3 is 2.24 bits per heavy atom. The van der Waals surface area contributed by atoms with Gasteiger partial charge in [0.15, 0.2) is 0 Å². The van der Waals surface area contributed by atoms with Crippen LogP contribution in [0.5, 0.6) is 5.75 Å². The fourth-order valence-corrected chi connectivity index (χ4v) is 2.48. The molecule has 0 aliphatic carbocycles. The number of aromatic nitrogens is 2. The summed E-state index contributed by atoms with van der Waals surface area (Å²) in [6.07, 6.45) is 1.57. The van der Waals surface area contributed by atoms with Gasteiger partial charge in [0.25, 0.3) is 0 Å². The molecule has 0 spiro atoms. The largest absolute Gasteiger partial charge is 0.497 e. The Bertz CT molecular complexity index is 818. The summed E-state index contributed by atoms with van der Waals surface area (Å²) in [7, 11) is 1.67. The molecule has 25 heavy (non-hydrogen) atoms. The molecule has 3 rings (SSSR count). The molecular formula is C20H22N4O. The maximum Gasteiger partial charge on any atom is 0.131 e. The Kier molecular flexibility index (Phi) is 5.46. The Labute approximate surface area is 148 Å². The van der Waals surface area contributed by atoms with E-state index in [2.05, 4.69) is 39.7 Å². The van der Waals surface area contributed by atoms with Crippen LogP contribution in [0.1, 0.15) is 16.7 Å². The van der Waals surface area contributed by atoms with E-state index in [0.29, 0.717) is 6.54 Å². The number of ether oxygens (including phenoxy) is 1. The zero-order valence-electron chi connectivity index (χ0n) is 14.5. The van der Waals surface area contributed by atoms with Crippen LogP contribution in [0.25, 0.3) is 0 Å². The maximum absolute atomic E-state index is 5.17. The minimum atomic E-state index is 0.693. The molecule has 3 aromatic rings. The van der Waals surface area contributed by atoms with Gasteiger partial charge in [-0.25, -0.2) is 9.97 Å². The maximum atomic E-state index is 5.17. The van der Waals surface area contributed by atoms with Crippen LogP contribution in [0.15, 0.2) is 60.9 Å². The van der Waals surface area contributed by atoms with Crippen molar-refractivity contribution in [2.24, 2.45) is 0 Å². The minimum Gasteiger partial charge on any atom is -0.497 e. The number of aryl methyl sites for hydroxylation is 1. The van der Waals surface area contributed by atoms with Crippen LogP contribution in [0.2, 0.25) is 0 Å². The van der Waals surface area contributed by atoms with E-state index in [9.17, 15) is 0 Å². The Morgan fingerprint density at radius 1 is 0.880 bits per heavy atom. The van der Waals surface area contributed by atoms with Crippen molar-refractivity contribution in [3.63, 3.8) is 0 Å². The number of hydrogen-bond donors (Lipinski definition) is 2. The molecule has 0 radical (unpaired) electrons. The summed E-state index contributed by atoms with van der Waals surface area (Å²) in [6, 6.07) is 18.2. The number of anilines is 2. The van der Waals surface area contributed by atoms with E-state index in [1.54, 1.807) is 13.4 Å². The lowest BCUT2D eigenvalue weighted by Crippen LogP contribution is -2.06. The average molecular weight is 334 g/mol. The van der Waals surface area contributed by atoms with Crippen molar-refractivity contribution < 1.29 is 4.74 Å². The fourth-order valence-electron chi connectivity index (χ4n) is 2.48. The van der Waals surface area contributed by atoms with Crippen LogP contribution in [0, 0.1) is 6.92 Å². The number of hydrogen-bond acceptors (Lipinski definition) is 5. The van der Waals surface area contributed by atoms with Gasteiger partial charge in [-0.15, -0.1) is 0 Å². The molecule has 0 bridgehead atoms. The lowest BCUT2D eigenvalue weighted by atomic mass is 10.1. The van der Waals surface area contributed by atoms with Gasteiger partial charge in [0, 0.05) is 19.2 Å². The Balaban J connectivity index is 1.58. The second-order valence-electron chi connectivity index (χ2n) is 5.77. The molecule has 5 heteroatoms. The highest BCUT2D eigenvalue weighted by atomic mass is 16.5. The highest BCUT2D eigenvalue weighted by Gasteiger charge is 2.01. The molecule has 2 aromatic carbocycles. The average Bonchev–Trinajstić information content (AvgIpc) is 2.66. The van der Waals surface area contributed by atoms with Crippen LogP contribution >= 0.6 is 0 Å². The third kappa shape index (κ3) is 4.70. The van der Waals surface area contributed by atoms with Gasteiger partial charge in [0.05, 0.1) is 7.11 Å². The summed E-state index contributed by atoms with van der Waals surface area (Å²) in [4.78, 5) is 8.56. The number of nitrogens with one attached hydrogen (secondary N) is 2. The first kappa shape index (κ1) is 16.8. The molecule has 2 N–H and O–H groups in total. The lowest BCUT2D eigenvalue weighted by molar-refractivity contribution is 0.414. The van der Waals surface area contributed by atoms with Gasteiger partial charge < -0.3 is 15.4 Å². The van der Waals surface area contributed by atoms with E-state index >= 15 is 0 Å². The number of nitrogens with zero attached hydrogens (tertiary/aromatic N) is 2. The third-order valence-corrected chi connectivity index (χ3v) is 4.02. The normalized spacial score (nSPS) is 10.3. The van der Waals surface area contributed by atoms with Crippen molar-refractivity contribution >= 4 is 11.6 Å². The van der Waals surface area contributed by atoms with Gasteiger partial charge in [0.1, 0.15) is 23.7 Å². The molecule has 0 aliphatic heterocycles. The van der Waals surface area contributed by atoms with E-state index in [1.807, 2.05) is 42.5 Å². The van der Waals surface area contributed by atoms with E-state index in [1.165, 1.54) is 11.1 Å². The van der Waals surface area contributed by atoms with Gasteiger partial charge >= 0.3 is 0 Å². The van der Waals surface area contributed by atoms with Crippen molar-refractivity contribution in [1.82, 2.24) is 9.97 Å². The zero-order valence-corrected chi connectivity index (χ0v) is 14.5. The van der Waals surface area contributed by atoms with Crippen molar-refractivity contribution in [2.75, 3.05) is 17.7 Å². The van der Waals surface area contributed by atoms with Crippen molar-refractivity contribution in [2.45, 2.75) is 20.0 Å². The summed E-state index contributed by atoms with van der Waals surface area (Å²) in [5.74, 6) is 2.45. The van der Waals surface area contributed by atoms with Gasteiger partial charge in [0.2, 0.25) is 0 Å². The van der Waals surface area contributed by atoms with Crippen LogP contribution in [0.3, 0.4) is 0 Å². The molecular weight excluding hydrogens is 312 g/mol. The summed E-state index contributed by atoms with van der Waals surface area (Å²) >= 11 is 0. The second kappa shape index (κ2) is 8.15. The first-order chi connectivity index (χ1) is 12.2. The Morgan fingerprint density at radius 2 is 1.56 bits per heavy atom. The molecule has 0 atom stereocenters. The van der Waals surface area contributed by atoms with E-state index in [0.717, 1.165) is 29.5 Å². The number of rotatable bonds is 7. The fraction of sp³-hybridized carbons (Fsp3) is 0.200. The van der Waals surface area contributed by atoms with Crippen LogP contribution in [-0.2, 0) is 13.1 Å². The van der Waals surface area contributed by atoms with Crippen LogP contribution in [-0.4, -0.2) is 17.1 Å². The minimum absolute atomic E-state index is 0.693. The third-order valence-electron chi connectivity index (χ3n) is 4.02. The summed E-state index contributed by atoms with van der Waals surface area (Å²) in [6.45, 7) is 3.54. The number of benzene rings is 2. The topological polar surface area (TPSA) is 59.1 Å². The van der Waals surface area contributed by atoms with Crippen molar-refractivity contribution in [3.8, 4) is 5.75 Å². The van der Waals surface area contributed by atoms with Gasteiger partial charge in [-0.2, -0.15) is 0 Å². The molecule has 0 aliphatic rings. The second-order valence-corrected chi connectivity index (χ2v) is 5.77. The molecule has 1 aromatic heterocycles. The van der Waals surface area contributed by atoms with E-state index in [4.69, 9.17) is 4.74 Å². The van der Waals surface area contributed by atoms with Crippen LogP contribution in [0.4, 0.5) is 11.6 Å². The zero-order chi connectivity index (χ0) is 17.5. The highest BCUT2D eigenvalue weighted by Crippen LogP contribution is 2.15. The van der Waals surface area contributed by atoms with E-state index < -0.39 is 0 Å². The SMILES string of the molecule is COc1ccc(CNc2cc(NCc3ccccc3C)ncn2)cc1. The monoisotopic (exact) mass is 334 g/mol. The number of methoxy groups -OCH3 is 1. The standard InChI is InChI=1S/C20H22N4O/c1-15-5-3-4-6-17(15)13-22-20-11-19(23-14-24-20)21-12-16-7-9-18(25-2)10-8-16/h3-11,14H,12-13H2,1-2H3,(H2,21,22,23,24). The Hall–Kier alpha value is -3.08. The van der Waals surface area contributed by atoms with Crippen molar-refractivity contribution in [1.29, 1.82) is 0 Å². The molecule has 5 nitrogen and oxygen atoms in total. The lowest BCUT2D eigenvalue weighted by Gasteiger charge is -2.10. The summed E-state index contributed by atoms with van der Waals surface area (Å²) in [5.41, 5.74) is 3.68. The van der Waals surface area contributed by atoms with Gasteiger partial charge in [-0.1, -0.05) is 36.4 Å². The van der Waals surface area contributed by atoms with Gasteiger partial charge in [-0.3, -0.25) is 0 Å². The molecule has 1 heterocycles. The van der Waals surface area contributed by atoms with Crippen LogP contribution < -0.4 is 15.4 Å². The molecule has 0 unspecified atom stereocenters. The first-order valence-corrected chi connectivity index (χ1v) is 8.22. The molecule has 0 fully saturated rings. The molecule has 0 saturated heterocycles. The van der Waals surface area contributed by atoms with Gasteiger partial charge in [-0.05, 0) is 35.7 Å². The summed E-state index contributed by atoms with van der Waals surface area (Å²) in [5, 5.41) is 6.66.